The Morgan fingerprint density at radius 3 is 2.86 bits per heavy atom. The number of nitrogens with zero attached hydrogens (tertiary/aromatic N) is 2. The first kappa shape index (κ1) is 16.2. The largest absolute Gasteiger partial charge is 0.381 e. The highest BCUT2D eigenvalue weighted by atomic mass is 35.5. The fourth-order valence-corrected chi connectivity index (χ4v) is 3.90. The molecule has 114 valence electrons. The molecule has 0 bridgehead atoms. The van der Waals surface area contributed by atoms with Gasteiger partial charge in [-0.1, -0.05) is 11.6 Å². The molecule has 0 saturated carbocycles. The predicted octanol–water partition coefficient (Wildman–Crippen LogP) is 2.26. The Morgan fingerprint density at radius 1 is 1.52 bits per heavy atom. The second kappa shape index (κ2) is 6.75. The number of hydrogen-bond donors (Lipinski definition) is 0. The van der Waals surface area contributed by atoms with Crippen LogP contribution in [0.2, 0.25) is 5.02 Å². The first-order valence-corrected chi connectivity index (χ1v) is 8.50. The molecular formula is C14H17ClN2O3S. The summed E-state index contributed by atoms with van der Waals surface area (Å²) in [6.07, 6.45) is 1.93. The fourth-order valence-electron chi connectivity index (χ4n) is 2.34. The van der Waals surface area contributed by atoms with Crippen LogP contribution in [0.25, 0.3) is 0 Å². The fraction of sp³-hybridized carbons (Fsp3) is 0.500. The zero-order chi connectivity index (χ0) is 15.5. The van der Waals surface area contributed by atoms with Crippen LogP contribution >= 0.6 is 11.6 Å². The van der Waals surface area contributed by atoms with Crippen LogP contribution in [-0.2, 0) is 14.8 Å². The Kier molecular flexibility index (Phi) is 5.22. The van der Waals surface area contributed by atoms with Crippen molar-refractivity contribution in [2.75, 3.05) is 26.8 Å². The minimum atomic E-state index is -3.60. The van der Waals surface area contributed by atoms with E-state index >= 15 is 0 Å². The average Bonchev–Trinajstić information content (AvgIpc) is 2.48. The van der Waals surface area contributed by atoms with E-state index in [2.05, 4.69) is 0 Å². The second-order valence-corrected chi connectivity index (χ2v) is 7.57. The molecule has 1 aromatic carbocycles. The molecule has 0 radical (unpaired) electrons. The summed E-state index contributed by atoms with van der Waals surface area (Å²) in [6, 6.07) is 6.07. The summed E-state index contributed by atoms with van der Waals surface area (Å²) in [5.74, 6) is 0.215. The van der Waals surface area contributed by atoms with Crippen molar-refractivity contribution in [3.63, 3.8) is 0 Å². The minimum absolute atomic E-state index is 0.103. The van der Waals surface area contributed by atoms with Gasteiger partial charge >= 0.3 is 0 Å². The Hall–Kier alpha value is -1.13. The van der Waals surface area contributed by atoms with Gasteiger partial charge in [-0.15, -0.1) is 0 Å². The summed E-state index contributed by atoms with van der Waals surface area (Å²) in [7, 11) is -2.05. The van der Waals surface area contributed by atoms with Crippen molar-refractivity contribution in [1.82, 2.24) is 4.31 Å². The van der Waals surface area contributed by atoms with Crippen molar-refractivity contribution >= 4 is 21.6 Å². The maximum Gasteiger partial charge on any atom is 0.242 e. The first-order chi connectivity index (χ1) is 9.95. The van der Waals surface area contributed by atoms with E-state index in [4.69, 9.17) is 21.6 Å². The van der Waals surface area contributed by atoms with Gasteiger partial charge in [-0.25, -0.2) is 12.7 Å². The van der Waals surface area contributed by atoms with Gasteiger partial charge in [-0.3, -0.25) is 0 Å². The van der Waals surface area contributed by atoms with Crippen LogP contribution in [0, 0.1) is 17.2 Å². The Labute approximate surface area is 130 Å². The highest BCUT2D eigenvalue weighted by Gasteiger charge is 2.25. The third-order valence-electron chi connectivity index (χ3n) is 3.54. The topological polar surface area (TPSA) is 70.4 Å². The van der Waals surface area contributed by atoms with Crippen molar-refractivity contribution in [2.24, 2.45) is 5.92 Å². The molecule has 0 amide bonds. The Bertz CT molecular complexity index is 649. The number of hydrogen-bond acceptors (Lipinski definition) is 4. The summed E-state index contributed by atoms with van der Waals surface area (Å²) in [6.45, 7) is 1.76. The SMILES string of the molecule is CN(CC1CCCOC1)S(=O)(=O)c1ccc(C#N)c(Cl)c1. The van der Waals surface area contributed by atoms with Crippen molar-refractivity contribution in [3.05, 3.63) is 28.8 Å². The molecule has 0 aromatic heterocycles. The first-order valence-electron chi connectivity index (χ1n) is 6.69. The smallest absolute Gasteiger partial charge is 0.242 e. The summed E-state index contributed by atoms with van der Waals surface area (Å²) >= 11 is 5.91. The van der Waals surface area contributed by atoms with E-state index in [-0.39, 0.29) is 21.4 Å². The van der Waals surface area contributed by atoms with Gasteiger partial charge < -0.3 is 4.74 Å². The van der Waals surface area contributed by atoms with Gasteiger partial charge in [0.05, 0.1) is 22.1 Å². The van der Waals surface area contributed by atoms with Gasteiger partial charge in [-0.2, -0.15) is 5.26 Å². The molecule has 2 rings (SSSR count). The molecule has 5 nitrogen and oxygen atoms in total. The van der Waals surface area contributed by atoms with E-state index in [1.807, 2.05) is 6.07 Å². The number of benzene rings is 1. The molecule has 0 aliphatic carbocycles. The highest BCUT2D eigenvalue weighted by molar-refractivity contribution is 7.89. The zero-order valence-electron chi connectivity index (χ0n) is 11.8. The van der Waals surface area contributed by atoms with E-state index in [0.717, 1.165) is 19.4 Å². The molecule has 7 heteroatoms. The Morgan fingerprint density at radius 2 is 2.29 bits per heavy atom. The normalized spacial score (nSPS) is 19.4. The van der Waals surface area contributed by atoms with Crippen molar-refractivity contribution < 1.29 is 13.2 Å². The van der Waals surface area contributed by atoms with Crippen LogP contribution in [-0.4, -0.2) is 39.5 Å². The molecule has 1 aromatic rings. The van der Waals surface area contributed by atoms with E-state index < -0.39 is 10.0 Å². The molecule has 1 saturated heterocycles. The van der Waals surface area contributed by atoms with Crippen LogP contribution in [0.1, 0.15) is 18.4 Å². The molecule has 0 spiro atoms. The van der Waals surface area contributed by atoms with Gasteiger partial charge in [0, 0.05) is 20.2 Å². The van der Waals surface area contributed by atoms with E-state index in [0.29, 0.717) is 13.2 Å². The molecular weight excluding hydrogens is 312 g/mol. The average molecular weight is 329 g/mol. The summed E-state index contributed by atoms with van der Waals surface area (Å²) < 4.78 is 31.7. The number of ether oxygens (including phenoxy) is 1. The van der Waals surface area contributed by atoms with Crippen LogP contribution in [0.15, 0.2) is 23.1 Å². The van der Waals surface area contributed by atoms with Gasteiger partial charge in [0.1, 0.15) is 6.07 Å². The summed E-state index contributed by atoms with van der Waals surface area (Å²) in [5.41, 5.74) is 0.263. The van der Waals surface area contributed by atoms with Crippen LogP contribution in [0.5, 0.6) is 0 Å². The number of sulfonamides is 1. The summed E-state index contributed by atoms with van der Waals surface area (Å²) in [5, 5.41) is 8.98. The van der Waals surface area contributed by atoms with E-state index in [1.54, 1.807) is 7.05 Å². The lowest BCUT2D eigenvalue weighted by Crippen LogP contribution is -2.35. The summed E-state index contributed by atoms with van der Waals surface area (Å²) in [4.78, 5) is 0.103. The second-order valence-electron chi connectivity index (χ2n) is 5.12. The molecule has 1 fully saturated rings. The van der Waals surface area contributed by atoms with Crippen molar-refractivity contribution in [1.29, 1.82) is 5.26 Å². The van der Waals surface area contributed by atoms with Crippen LogP contribution in [0.3, 0.4) is 0 Å². The molecule has 1 aliphatic rings. The lowest BCUT2D eigenvalue weighted by atomic mass is 10.0. The number of nitriles is 1. The molecule has 21 heavy (non-hydrogen) atoms. The third kappa shape index (κ3) is 3.74. The molecule has 0 N–H and O–H groups in total. The Balaban J connectivity index is 2.16. The highest BCUT2D eigenvalue weighted by Crippen LogP contribution is 2.24. The van der Waals surface area contributed by atoms with E-state index in [9.17, 15) is 8.42 Å². The van der Waals surface area contributed by atoms with Crippen LogP contribution in [0.4, 0.5) is 0 Å². The maximum atomic E-state index is 12.5. The lowest BCUT2D eigenvalue weighted by molar-refractivity contribution is 0.0495. The standard InChI is InChI=1S/C14H17ClN2O3S/c1-17(9-11-3-2-6-20-10-11)21(18,19)13-5-4-12(8-16)14(15)7-13/h4-5,7,11H,2-3,6,9-10H2,1H3. The number of rotatable bonds is 4. The quantitative estimate of drug-likeness (QED) is 0.850. The molecule has 1 atom stereocenters. The molecule has 1 aliphatic heterocycles. The molecule has 1 unspecified atom stereocenters. The van der Waals surface area contributed by atoms with Gasteiger partial charge in [-0.05, 0) is 37.0 Å². The van der Waals surface area contributed by atoms with Gasteiger partial charge in [0.15, 0.2) is 0 Å². The third-order valence-corrected chi connectivity index (χ3v) is 5.67. The lowest BCUT2D eigenvalue weighted by Gasteiger charge is -2.26. The number of halogens is 1. The zero-order valence-corrected chi connectivity index (χ0v) is 13.3. The predicted molar refractivity (Wildman–Crippen MR) is 79.5 cm³/mol. The van der Waals surface area contributed by atoms with Gasteiger partial charge in [0.2, 0.25) is 10.0 Å². The monoisotopic (exact) mass is 328 g/mol. The maximum absolute atomic E-state index is 12.5. The van der Waals surface area contributed by atoms with Crippen molar-refractivity contribution in [3.8, 4) is 6.07 Å². The van der Waals surface area contributed by atoms with E-state index in [1.165, 1.54) is 22.5 Å². The van der Waals surface area contributed by atoms with Gasteiger partial charge in [0.25, 0.3) is 0 Å². The molecule has 1 heterocycles. The van der Waals surface area contributed by atoms with Crippen molar-refractivity contribution in [2.45, 2.75) is 17.7 Å². The van der Waals surface area contributed by atoms with Crippen LogP contribution < -0.4 is 0 Å². The minimum Gasteiger partial charge on any atom is -0.381 e.